The van der Waals surface area contributed by atoms with Gasteiger partial charge in [-0.2, -0.15) is 0 Å². The minimum atomic E-state index is -1.27. The first-order valence-corrected chi connectivity index (χ1v) is 13.9. The standard InChI is InChI=1S/C31H35NO6/c1-17(2)7-10-30-28(35)19-13-21-27(34)25-24(14-23-18(26(25)33)8-9-29(3,4)37-23)38-31(21,30)22(16-36-30)20(19)15-32-11-5-6-12-32/h7-9,13-14,19-20,22,33H,5-6,10-12,15-16H2,1-4H3/t19-,20+,22-,30?,31-/m1/s1. The average Bonchev–Trinajstić information content (AvgIpc) is 3.45. The van der Waals surface area contributed by atoms with Gasteiger partial charge >= 0.3 is 0 Å². The first-order valence-electron chi connectivity index (χ1n) is 13.9. The molecule has 4 aliphatic heterocycles. The van der Waals surface area contributed by atoms with Crippen LogP contribution in [-0.4, -0.2) is 64.6 Å². The number of phenolic OH excluding ortho intramolecular Hbond substituents is 1. The van der Waals surface area contributed by atoms with Crippen LogP contribution < -0.4 is 9.47 Å². The molecule has 7 aliphatic rings. The van der Waals surface area contributed by atoms with Gasteiger partial charge in [0, 0.05) is 36.4 Å². The number of rotatable bonds is 4. The normalized spacial score (nSPS) is 35.7. The lowest BCUT2D eigenvalue weighted by molar-refractivity contribution is -0.171. The van der Waals surface area contributed by atoms with E-state index < -0.39 is 22.7 Å². The largest absolute Gasteiger partial charge is 0.506 e. The molecule has 8 rings (SSSR count). The Morgan fingerprint density at radius 2 is 1.92 bits per heavy atom. The van der Waals surface area contributed by atoms with Crippen LogP contribution in [0.1, 0.15) is 62.9 Å². The van der Waals surface area contributed by atoms with E-state index in [2.05, 4.69) is 4.90 Å². The summed E-state index contributed by atoms with van der Waals surface area (Å²) in [5, 5.41) is 11.3. The van der Waals surface area contributed by atoms with Crippen molar-refractivity contribution in [3.63, 3.8) is 0 Å². The van der Waals surface area contributed by atoms with Gasteiger partial charge in [-0.1, -0.05) is 17.7 Å². The van der Waals surface area contributed by atoms with Gasteiger partial charge in [0.05, 0.1) is 12.2 Å². The number of allylic oxidation sites excluding steroid dienone is 2. The maximum Gasteiger partial charge on any atom is 0.200 e. The molecule has 0 radical (unpaired) electrons. The lowest BCUT2D eigenvalue weighted by Crippen LogP contribution is -2.74. The minimum Gasteiger partial charge on any atom is -0.506 e. The summed E-state index contributed by atoms with van der Waals surface area (Å²) in [4.78, 5) is 31.0. The van der Waals surface area contributed by atoms with Crippen molar-refractivity contribution in [2.45, 2.75) is 63.8 Å². The number of hydrogen-bond acceptors (Lipinski definition) is 7. The summed E-state index contributed by atoms with van der Waals surface area (Å²) in [6, 6.07) is 1.72. The summed E-state index contributed by atoms with van der Waals surface area (Å²) in [5.74, 6) is -0.244. The zero-order valence-corrected chi connectivity index (χ0v) is 22.5. The van der Waals surface area contributed by atoms with Gasteiger partial charge in [-0.15, -0.1) is 0 Å². The number of hydrogen-bond donors (Lipinski definition) is 1. The summed E-state index contributed by atoms with van der Waals surface area (Å²) in [7, 11) is 0. The molecule has 7 nitrogen and oxygen atoms in total. The maximum atomic E-state index is 14.3. The predicted molar refractivity (Wildman–Crippen MR) is 142 cm³/mol. The number of nitrogens with zero attached hydrogens (tertiary/aromatic N) is 1. The maximum absolute atomic E-state index is 14.3. The number of phenols is 1. The molecule has 1 unspecified atom stereocenters. The van der Waals surface area contributed by atoms with E-state index in [1.807, 2.05) is 45.9 Å². The summed E-state index contributed by atoms with van der Waals surface area (Å²) in [6.07, 6.45) is 10.2. The molecule has 0 aromatic heterocycles. The number of ether oxygens (including phenoxy) is 3. The fourth-order valence-electron chi connectivity index (χ4n) is 7.78. The molecule has 0 amide bonds. The summed E-state index contributed by atoms with van der Waals surface area (Å²) >= 11 is 0. The quantitative estimate of drug-likeness (QED) is 0.590. The van der Waals surface area contributed by atoms with Crippen molar-refractivity contribution in [2.75, 3.05) is 26.2 Å². The highest BCUT2D eigenvalue weighted by Crippen LogP contribution is 2.65. The summed E-state index contributed by atoms with van der Waals surface area (Å²) in [6.45, 7) is 11.1. The number of likely N-dealkylation sites (tertiary alicyclic amines) is 1. The lowest BCUT2D eigenvalue weighted by Gasteiger charge is -2.58. The van der Waals surface area contributed by atoms with Crippen molar-refractivity contribution in [1.29, 1.82) is 0 Å². The van der Waals surface area contributed by atoms with Crippen LogP contribution in [0, 0.1) is 17.8 Å². The molecular formula is C31H35NO6. The van der Waals surface area contributed by atoms with Crippen LogP contribution in [0.2, 0.25) is 0 Å². The van der Waals surface area contributed by atoms with Crippen molar-refractivity contribution >= 4 is 17.6 Å². The van der Waals surface area contributed by atoms with Gasteiger partial charge in [-0.05, 0) is 71.7 Å². The van der Waals surface area contributed by atoms with E-state index in [0.29, 0.717) is 29.9 Å². The number of benzene rings is 1. The van der Waals surface area contributed by atoms with E-state index in [9.17, 15) is 14.7 Å². The highest BCUT2D eigenvalue weighted by atomic mass is 16.6. The SMILES string of the molecule is CC(C)=CCC12OC[C@@H]3[C@@H](CN4CCCC4)[C@@H](C=C4C(=O)c5c(cc6c(c5O)C=CC(C)(C)O6)O[C@]431)C2=O. The van der Waals surface area contributed by atoms with Crippen LogP contribution >= 0.6 is 0 Å². The number of fused-ring (bicyclic) bond motifs is 2. The molecule has 5 atom stereocenters. The minimum absolute atomic E-state index is 0.00497. The van der Waals surface area contributed by atoms with E-state index >= 15 is 0 Å². The van der Waals surface area contributed by atoms with Crippen molar-refractivity contribution in [1.82, 2.24) is 4.90 Å². The highest BCUT2D eigenvalue weighted by Gasteiger charge is 2.79. The van der Waals surface area contributed by atoms with Crippen LogP contribution in [0.15, 0.2) is 35.4 Å². The van der Waals surface area contributed by atoms with Gasteiger partial charge in [0.15, 0.2) is 22.8 Å². The number of aromatic hydroxyl groups is 1. The van der Waals surface area contributed by atoms with Gasteiger partial charge in [0.1, 0.15) is 28.4 Å². The Kier molecular flexibility index (Phi) is 4.98. The molecule has 1 aromatic rings. The Morgan fingerprint density at radius 3 is 2.66 bits per heavy atom. The predicted octanol–water partition coefficient (Wildman–Crippen LogP) is 4.48. The van der Waals surface area contributed by atoms with Gasteiger partial charge in [-0.3, -0.25) is 9.59 Å². The van der Waals surface area contributed by atoms with Crippen molar-refractivity contribution in [2.24, 2.45) is 17.8 Å². The van der Waals surface area contributed by atoms with Crippen molar-refractivity contribution < 1.29 is 28.9 Å². The van der Waals surface area contributed by atoms with E-state index in [4.69, 9.17) is 14.2 Å². The third-order valence-corrected chi connectivity index (χ3v) is 9.56. The molecule has 3 aliphatic carbocycles. The lowest BCUT2D eigenvalue weighted by atomic mass is 9.49. The summed E-state index contributed by atoms with van der Waals surface area (Å²) in [5.41, 5.74) is -0.923. The van der Waals surface area contributed by atoms with Crippen LogP contribution in [0.25, 0.3) is 6.08 Å². The second-order valence-electron chi connectivity index (χ2n) is 12.6. The Balaban J connectivity index is 1.42. The first kappa shape index (κ1) is 24.2. The van der Waals surface area contributed by atoms with Gasteiger partial charge in [0.25, 0.3) is 0 Å². The molecule has 4 bridgehead atoms. The monoisotopic (exact) mass is 517 g/mol. The molecule has 3 fully saturated rings. The molecule has 1 spiro atoms. The zero-order chi connectivity index (χ0) is 26.6. The third-order valence-electron chi connectivity index (χ3n) is 9.56. The fourth-order valence-corrected chi connectivity index (χ4v) is 7.78. The average molecular weight is 518 g/mol. The highest BCUT2D eigenvalue weighted by molar-refractivity contribution is 6.18. The smallest absolute Gasteiger partial charge is 0.200 e. The van der Waals surface area contributed by atoms with E-state index in [-0.39, 0.29) is 40.5 Å². The number of carbonyl (C=O) groups excluding carboxylic acids is 2. The molecule has 4 heterocycles. The van der Waals surface area contributed by atoms with Crippen molar-refractivity contribution in [3.8, 4) is 17.2 Å². The molecule has 7 heteroatoms. The molecule has 38 heavy (non-hydrogen) atoms. The van der Waals surface area contributed by atoms with Crippen LogP contribution in [-0.2, 0) is 9.53 Å². The van der Waals surface area contributed by atoms with E-state index in [0.717, 1.165) is 25.2 Å². The molecule has 2 saturated heterocycles. The van der Waals surface area contributed by atoms with Gasteiger partial charge < -0.3 is 24.2 Å². The fraction of sp³-hybridized carbons (Fsp3) is 0.548. The molecular weight excluding hydrogens is 482 g/mol. The second kappa shape index (κ2) is 7.82. The Bertz CT molecular complexity index is 1360. The number of Topliss-reactive ketones (excluding diaryl/α,β-unsaturated/α-hetero) is 2. The molecule has 1 aromatic carbocycles. The molecule has 200 valence electrons. The van der Waals surface area contributed by atoms with Crippen LogP contribution in [0.4, 0.5) is 0 Å². The van der Waals surface area contributed by atoms with Crippen molar-refractivity contribution in [3.05, 3.63) is 46.6 Å². The molecule has 1 saturated carbocycles. The number of ketones is 2. The van der Waals surface area contributed by atoms with E-state index in [1.165, 1.54) is 12.8 Å². The topological polar surface area (TPSA) is 85.3 Å². The Hall–Kier alpha value is -2.90. The van der Waals surface area contributed by atoms with E-state index in [1.54, 1.807) is 12.1 Å². The van der Waals surface area contributed by atoms with Crippen LogP contribution in [0.3, 0.4) is 0 Å². The Labute approximate surface area is 223 Å². The van der Waals surface area contributed by atoms with Gasteiger partial charge in [0.2, 0.25) is 0 Å². The third kappa shape index (κ3) is 2.97. The molecule has 1 N–H and O–H groups in total. The van der Waals surface area contributed by atoms with Gasteiger partial charge in [-0.25, -0.2) is 0 Å². The van der Waals surface area contributed by atoms with Crippen LogP contribution in [0.5, 0.6) is 17.2 Å². The number of carbonyl (C=O) groups is 2. The second-order valence-corrected chi connectivity index (χ2v) is 12.6. The summed E-state index contributed by atoms with van der Waals surface area (Å²) < 4.78 is 19.6. The first-order chi connectivity index (χ1) is 18.1. The Morgan fingerprint density at radius 1 is 1.16 bits per heavy atom. The zero-order valence-electron chi connectivity index (χ0n) is 22.5.